The third kappa shape index (κ3) is 4.15. The van der Waals surface area contributed by atoms with E-state index in [1.54, 1.807) is 18.2 Å². The molecule has 0 unspecified atom stereocenters. The summed E-state index contributed by atoms with van der Waals surface area (Å²) in [5.41, 5.74) is 7.52. The lowest BCUT2D eigenvalue weighted by Crippen LogP contribution is -2.38. The quantitative estimate of drug-likeness (QED) is 0.729. The molecule has 4 N–H and O–H groups in total. The predicted octanol–water partition coefficient (Wildman–Crippen LogP) is 2.27. The second-order valence-corrected chi connectivity index (χ2v) is 8.61. The van der Waals surface area contributed by atoms with Crippen LogP contribution in [0.3, 0.4) is 0 Å². The molecular weight excluding hydrogens is 376 g/mol. The number of hydrogen-bond acceptors (Lipinski definition) is 6. The summed E-state index contributed by atoms with van der Waals surface area (Å²) in [6.45, 7) is 1.85. The summed E-state index contributed by atoms with van der Waals surface area (Å²) in [4.78, 5) is 8.32. The zero-order chi connectivity index (χ0) is 18.9. The summed E-state index contributed by atoms with van der Waals surface area (Å²) in [5, 5.41) is 9.65. The third-order valence-corrected chi connectivity index (χ3v) is 6.37. The smallest absolute Gasteiger partial charge is 0.240 e. The molecule has 7 nitrogen and oxygen atoms in total. The Labute approximate surface area is 157 Å². The van der Waals surface area contributed by atoms with Crippen molar-refractivity contribution in [3.05, 3.63) is 35.1 Å². The van der Waals surface area contributed by atoms with Gasteiger partial charge in [0, 0.05) is 11.6 Å². The molecule has 1 fully saturated rings. The van der Waals surface area contributed by atoms with Gasteiger partial charge >= 0.3 is 0 Å². The summed E-state index contributed by atoms with van der Waals surface area (Å²) in [7, 11) is -3.68. The zero-order valence-electron chi connectivity index (χ0n) is 14.3. The number of aryl methyl sites for hydroxylation is 1. The van der Waals surface area contributed by atoms with Crippen molar-refractivity contribution in [2.24, 2.45) is 0 Å². The van der Waals surface area contributed by atoms with Gasteiger partial charge in [-0.2, -0.15) is 0 Å². The highest BCUT2D eigenvalue weighted by Gasteiger charge is 2.25. The molecule has 0 spiro atoms. The maximum absolute atomic E-state index is 12.7. The van der Waals surface area contributed by atoms with Gasteiger partial charge in [-0.05, 0) is 50.3 Å². The van der Waals surface area contributed by atoms with Crippen LogP contribution >= 0.6 is 11.6 Å². The van der Waals surface area contributed by atoms with Crippen molar-refractivity contribution in [2.45, 2.75) is 49.6 Å². The number of halogens is 1. The number of nitrogen functional groups attached to an aromatic ring is 1. The fourth-order valence-electron chi connectivity index (χ4n) is 3.03. The van der Waals surface area contributed by atoms with E-state index in [0.717, 1.165) is 5.56 Å². The van der Waals surface area contributed by atoms with Crippen LogP contribution in [0.4, 0.5) is 5.82 Å². The first-order valence-electron chi connectivity index (χ1n) is 8.35. The van der Waals surface area contributed by atoms with E-state index in [0.29, 0.717) is 36.9 Å². The normalized spacial score (nSPS) is 20.9. The van der Waals surface area contributed by atoms with Crippen LogP contribution in [0.5, 0.6) is 0 Å². The maximum Gasteiger partial charge on any atom is 0.240 e. The minimum Gasteiger partial charge on any atom is -0.393 e. The number of benzene rings is 1. The Morgan fingerprint density at radius 1 is 1.27 bits per heavy atom. The Bertz CT molecular complexity index is 912. The van der Waals surface area contributed by atoms with Crippen LogP contribution in [-0.2, 0) is 10.0 Å². The number of rotatable bonds is 4. The standard InChI is InChI=1S/C17H21ClN4O3S/c1-10-2-7-13(8-14(10)15-9-20-17(19)16(18)21-15)26(24,25)22-11-3-5-12(23)6-4-11/h2,7-9,11-12,22-23H,3-6H2,1H3,(H2,19,20)/t11-,12-. The summed E-state index contributed by atoms with van der Waals surface area (Å²) in [6.07, 6.45) is 3.58. The lowest BCUT2D eigenvalue weighted by molar-refractivity contribution is 0.120. The number of hydrogen-bond donors (Lipinski definition) is 3. The molecule has 1 saturated carbocycles. The van der Waals surface area contributed by atoms with Gasteiger partial charge in [-0.15, -0.1) is 0 Å². The van der Waals surface area contributed by atoms with Crippen LogP contribution in [0.1, 0.15) is 31.2 Å². The van der Waals surface area contributed by atoms with Gasteiger partial charge in [-0.25, -0.2) is 23.1 Å². The highest BCUT2D eigenvalue weighted by molar-refractivity contribution is 7.89. The molecule has 1 aromatic carbocycles. The first kappa shape index (κ1) is 19.0. The number of nitrogens with zero attached hydrogens (tertiary/aromatic N) is 2. The molecule has 0 saturated heterocycles. The van der Waals surface area contributed by atoms with Crippen LogP contribution in [0, 0.1) is 6.92 Å². The molecule has 1 aliphatic carbocycles. The second-order valence-electron chi connectivity index (χ2n) is 6.53. The van der Waals surface area contributed by atoms with E-state index in [9.17, 15) is 13.5 Å². The van der Waals surface area contributed by atoms with Gasteiger partial charge in [0.25, 0.3) is 0 Å². The Balaban J connectivity index is 1.89. The molecule has 1 aromatic heterocycles. The van der Waals surface area contributed by atoms with Gasteiger partial charge in [-0.1, -0.05) is 17.7 Å². The van der Waals surface area contributed by atoms with Crippen molar-refractivity contribution >= 4 is 27.4 Å². The number of aliphatic hydroxyl groups excluding tert-OH is 1. The molecule has 0 amide bonds. The zero-order valence-corrected chi connectivity index (χ0v) is 15.9. The fraction of sp³-hybridized carbons (Fsp3) is 0.412. The summed E-state index contributed by atoms with van der Waals surface area (Å²) in [6, 6.07) is 4.68. The molecule has 140 valence electrons. The summed E-state index contributed by atoms with van der Waals surface area (Å²) < 4.78 is 28.2. The van der Waals surface area contributed by atoms with Crippen molar-refractivity contribution in [3.8, 4) is 11.3 Å². The lowest BCUT2D eigenvalue weighted by atomic mass is 9.94. The largest absolute Gasteiger partial charge is 0.393 e. The van der Waals surface area contributed by atoms with E-state index in [-0.39, 0.29) is 28.0 Å². The first-order valence-corrected chi connectivity index (χ1v) is 10.2. The average Bonchev–Trinajstić information content (AvgIpc) is 2.59. The van der Waals surface area contributed by atoms with Gasteiger partial charge in [0.1, 0.15) is 0 Å². The molecule has 26 heavy (non-hydrogen) atoms. The predicted molar refractivity (Wildman–Crippen MR) is 100 cm³/mol. The Morgan fingerprint density at radius 3 is 2.62 bits per heavy atom. The molecule has 0 aliphatic heterocycles. The Hall–Kier alpha value is -1.74. The van der Waals surface area contributed by atoms with E-state index in [1.807, 2.05) is 6.92 Å². The minimum atomic E-state index is -3.68. The minimum absolute atomic E-state index is 0.0778. The van der Waals surface area contributed by atoms with E-state index in [2.05, 4.69) is 14.7 Å². The highest BCUT2D eigenvalue weighted by Crippen LogP contribution is 2.27. The summed E-state index contributed by atoms with van der Waals surface area (Å²) >= 11 is 5.94. The van der Waals surface area contributed by atoms with Crippen LogP contribution < -0.4 is 10.5 Å². The monoisotopic (exact) mass is 396 g/mol. The van der Waals surface area contributed by atoms with E-state index in [4.69, 9.17) is 17.3 Å². The topological polar surface area (TPSA) is 118 Å². The van der Waals surface area contributed by atoms with Crippen molar-refractivity contribution in [3.63, 3.8) is 0 Å². The number of anilines is 1. The van der Waals surface area contributed by atoms with Gasteiger partial charge in [-0.3, -0.25) is 0 Å². The number of sulfonamides is 1. The van der Waals surface area contributed by atoms with Crippen LogP contribution in [-0.4, -0.2) is 35.6 Å². The lowest BCUT2D eigenvalue weighted by Gasteiger charge is -2.26. The molecule has 2 aromatic rings. The Kier molecular flexibility index (Phi) is 5.47. The summed E-state index contributed by atoms with van der Waals surface area (Å²) in [5.74, 6) is 0.123. The maximum atomic E-state index is 12.7. The number of aliphatic hydroxyl groups is 1. The van der Waals surface area contributed by atoms with E-state index < -0.39 is 10.0 Å². The first-order chi connectivity index (χ1) is 12.3. The van der Waals surface area contributed by atoms with Crippen LogP contribution in [0.15, 0.2) is 29.3 Å². The van der Waals surface area contributed by atoms with Crippen molar-refractivity contribution < 1.29 is 13.5 Å². The number of nitrogens with two attached hydrogens (primary N) is 1. The van der Waals surface area contributed by atoms with Gasteiger partial charge in [0.15, 0.2) is 11.0 Å². The van der Waals surface area contributed by atoms with Gasteiger partial charge in [0.2, 0.25) is 10.0 Å². The molecular formula is C17H21ClN4O3S. The van der Waals surface area contributed by atoms with Gasteiger partial charge < -0.3 is 10.8 Å². The molecule has 9 heteroatoms. The molecule has 0 atom stereocenters. The van der Waals surface area contributed by atoms with E-state index >= 15 is 0 Å². The number of aromatic nitrogens is 2. The molecule has 0 bridgehead atoms. The fourth-order valence-corrected chi connectivity index (χ4v) is 4.50. The third-order valence-electron chi connectivity index (χ3n) is 4.57. The van der Waals surface area contributed by atoms with Crippen LogP contribution in [0.25, 0.3) is 11.3 Å². The van der Waals surface area contributed by atoms with Crippen molar-refractivity contribution in [2.75, 3.05) is 5.73 Å². The molecule has 1 heterocycles. The molecule has 1 aliphatic rings. The van der Waals surface area contributed by atoms with Gasteiger partial charge in [0.05, 0.1) is 22.9 Å². The van der Waals surface area contributed by atoms with E-state index in [1.165, 1.54) is 6.20 Å². The second kappa shape index (κ2) is 7.48. The number of nitrogens with one attached hydrogen (secondary N) is 1. The molecule has 0 radical (unpaired) electrons. The average molecular weight is 397 g/mol. The SMILES string of the molecule is Cc1ccc(S(=O)(=O)N[C@H]2CC[C@H](O)CC2)cc1-c1cnc(N)c(Cl)n1. The highest BCUT2D eigenvalue weighted by atomic mass is 35.5. The molecule has 3 rings (SSSR count). The van der Waals surface area contributed by atoms with Crippen molar-refractivity contribution in [1.29, 1.82) is 0 Å². The Morgan fingerprint density at radius 2 is 1.96 bits per heavy atom. The van der Waals surface area contributed by atoms with Crippen LogP contribution in [0.2, 0.25) is 5.15 Å². The van der Waals surface area contributed by atoms with Crippen molar-refractivity contribution in [1.82, 2.24) is 14.7 Å².